The van der Waals surface area contributed by atoms with Crippen LogP contribution in [0.25, 0.3) is 11.3 Å². The number of aryl methyl sites for hydroxylation is 1. The third-order valence-electron chi connectivity index (χ3n) is 2.45. The molecule has 2 aromatic rings. The van der Waals surface area contributed by atoms with Gasteiger partial charge in [0, 0.05) is 18.7 Å². The van der Waals surface area contributed by atoms with Crippen LogP contribution in [0.3, 0.4) is 0 Å². The highest BCUT2D eigenvalue weighted by Crippen LogP contribution is 2.21. The Morgan fingerprint density at radius 2 is 2.29 bits per heavy atom. The van der Waals surface area contributed by atoms with E-state index in [1.165, 1.54) is 0 Å². The fourth-order valence-electron chi connectivity index (χ4n) is 1.56. The fraction of sp³-hybridized carbons (Fsp3) is 0.333. The first-order valence-electron chi connectivity index (χ1n) is 5.49. The molecule has 0 saturated carbocycles. The summed E-state index contributed by atoms with van der Waals surface area (Å²) >= 11 is 0. The Morgan fingerprint density at radius 1 is 1.41 bits per heavy atom. The molecule has 0 unspecified atom stereocenters. The van der Waals surface area contributed by atoms with E-state index in [1.54, 1.807) is 11.8 Å². The molecule has 1 heterocycles. The molecule has 0 fully saturated rings. The van der Waals surface area contributed by atoms with Gasteiger partial charge in [-0.1, -0.05) is 17.3 Å². The van der Waals surface area contributed by atoms with Gasteiger partial charge in [-0.15, -0.1) is 5.10 Å². The molecule has 0 aliphatic carbocycles. The molecule has 0 radical (unpaired) electrons. The Bertz CT molecular complexity index is 482. The Labute approximate surface area is 99.7 Å². The monoisotopic (exact) mass is 233 g/mol. The Kier molecular flexibility index (Phi) is 3.72. The van der Waals surface area contributed by atoms with Crippen LogP contribution in [0.4, 0.5) is 0 Å². The van der Waals surface area contributed by atoms with Crippen molar-refractivity contribution in [2.75, 3.05) is 13.7 Å². The maximum absolute atomic E-state index is 8.74. The summed E-state index contributed by atoms with van der Waals surface area (Å²) in [5, 5.41) is 16.8. The molecule has 0 saturated heterocycles. The summed E-state index contributed by atoms with van der Waals surface area (Å²) in [6, 6.07) is 7.68. The number of rotatable bonds is 5. The molecule has 17 heavy (non-hydrogen) atoms. The molecule has 0 spiro atoms. The van der Waals surface area contributed by atoms with Gasteiger partial charge in [-0.25, -0.2) is 0 Å². The van der Waals surface area contributed by atoms with Gasteiger partial charge in [0.15, 0.2) is 0 Å². The van der Waals surface area contributed by atoms with Crippen molar-refractivity contribution in [2.24, 2.45) is 0 Å². The summed E-state index contributed by atoms with van der Waals surface area (Å²) in [4.78, 5) is 0. The summed E-state index contributed by atoms with van der Waals surface area (Å²) in [6.45, 7) is 0.835. The summed E-state index contributed by atoms with van der Waals surface area (Å²) in [7, 11) is 1.64. The quantitative estimate of drug-likeness (QED) is 0.846. The summed E-state index contributed by atoms with van der Waals surface area (Å²) in [6.07, 6.45) is 2.55. The molecule has 2 rings (SSSR count). The van der Waals surface area contributed by atoms with Crippen LogP contribution in [0.5, 0.6) is 5.75 Å². The van der Waals surface area contributed by atoms with Crippen LogP contribution in [0.15, 0.2) is 30.5 Å². The fourth-order valence-corrected chi connectivity index (χ4v) is 1.56. The number of ether oxygens (including phenoxy) is 1. The largest absolute Gasteiger partial charge is 0.497 e. The Balaban J connectivity index is 2.18. The molecular formula is C12H15N3O2. The smallest absolute Gasteiger partial charge is 0.119 e. The predicted octanol–water partition coefficient (Wildman–Crippen LogP) is 1.34. The number of nitrogens with zero attached hydrogens (tertiary/aromatic N) is 3. The summed E-state index contributed by atoms with van der Waals surface area (Å²) < 4.78 is 6.89. The molecule has 1 aromatic carbocycles. The van der Waals surface area contributed by atoms with Gasteiger partial charge >= 0.3 is 0 Å². The van der Waals surface area contributed by atoms with E-state index >= 15 is 0 Å². The standard InChI is InChI=1S/C12H15N3O2/c1-17-11-5-2-4-10(8-11)12-9-15(14-13-12)6-3-7-16/h2,4-5,8-9,16H,3,6-7H2,1H3. The second-order valence-electron chi connectivity index (χ2n) is 3.68. The van der Waals surface area contributed by atoms with E-state index in [2.05, 4.69) is 10.3 Å². The molecule has 0 bridgehead atoms. The van der Waals surface area contributed by atoms with Gasteiger partial charge in [0.05, 0.1) is 13.3 Å². The highest BCUT2D eigenvalue weighted by atomic mass is 16.5. The van der Waals surface area contributed by atoms with Crippen molar-refractivity contribution in [1.29, 1.82) is 0 Å². The number of methoxy groups -OCH3 is 1. The minimum Gasteiger partial charge on any atom is -0.497 e. The van der Waals surface area contributed by atoms with Crippen molar-refractivity contribution in [3.63, 3.8) is 0 Å². The van der Waals surface area contributed by atoms with Crippen molar-refractivity contribution in [2.45, 2.75) is 13.0 Å². The first-order chi connectivity index (χ1) is 8.33. The lowest BCUT2D eigenvalue weighted by Crippen LogP contribution is -2.00. The number of aliphatic hydroxyl groups is 1. The van der Waals surface area contributed by atoms with Crippen LogP contribution in [-0.4, -0.2) is 33.8 Å². The van der Waals surface area contributed by atoms with Gasteiger partial charge in [0.2, 0.25) is 0 Å². The molecule has 1 aromatic heterocycles. The number of hydrogen-bond donors (Lipinski definition) is 1. The molecule has 90 valence electrons. The first-order valence-corrected chi connectivity index (χ1v) is 5.49. The first kappa shape index (κ1) is 11.6. The lowest BCUT2D eigenvalue weighted by molar-refractivity contribution is 0.276. The van der Waals surface area contributed by atoms with Gasteiger partial charge in [-0.05, 0) is 18.6 Å². The van der Waals surface area contributed by atoms with Gasteiger partial charge < -0.3 is 9.84 Å². The van der Waals surface area contributed by atoms with Crippen LogP contribution in [0, 0.1) is 0 Å². The van der Waals surface area contributed by atoms with E-state index < -0.39 is 0 Å². The van der Waals surface area contributed by atoms with E-state index in [9.17, 15) is 0 Å². The lowest BCUT2D eigenvalue weighted by Gasteiger charge is -2.00. The van der Waals surface area contributed by atoms with E-state index in [0.717, 1.165) is 17.0 Å². The summed E-state index contributed by atoms with van der Waals surface area (Å²) in [5.41, 5.74) is 1.78. The zero-order valence-electron chi connectivity index (χ0n) is 9.71. The average Bonchev–Trinajstić information content (AvgIpc) is 2.85. The van der Waals surface area contributed by atoms with Crippen molar-refractivity contribution in [3.8, 4) is 17.0 Å². The van der Waals surface area contributed by atoms with Crippen molar-refractivity contribution in [3.05, 3.63) is 30.5 Å². The van der Waals surface area contributed by atoms with Crippen LogP contribution in [0.1, 0.15) is 6.42 Å². The van der Waals surface area contributed by atoms with E-state index in [-0.39, 0.29) is 6.61 Å². The molecule has 0 aliphatic rings. The maximum Gasteiger partial charge on any atom is 0.119 e. The van der Waals surface area contributed by atoms with Gasteiger partial charge in [0.25, 0.3) is 0 Å². The minimum atomic E-state index is 0.161. The number of benzene rings is 1. The SMILES string of the molecule is COc1cccc(-c2cn(CCCO)nn2)c1. The zero-order valence-corrected chi connectivity index (χ0v) is 9.71. The molecule has 0 atom stereocenters. The summed E-state index contributed by atoms with van der Waals surface area (Å²) in [5.74, 6) is 0.799. The maximum atomic E-state index is 8.74. The van der Waals surface area contributed by atoms with Crippen LogP contribution in [-0.2, 0) is 6.54 Å². The molecule has 0 amide bonds. The van der Waals surface area contributed by atoms with Gasteiger partial charge in [0.1, 0.15) is 11.4 Å². The average molecular weight is 233 g/mol. The number of aliphatic hydroxyl groups excluding tert-OH is 1. The second kappa shape index (κ2) is 5.45. The molecule has 1 N–H and O–H groups in total. The third kappa shape index (κ3) is 2.82. The lowest BCUT2D eigenvalue weighted by atomic mass is 10.1. The van der Waals surface area contributed by atoms with Crippen LogP contribution >= 0.6 is 0 Å². The van der Waals surface area contributed by atoms with Crippen molar-refractivity contribution >= 4 is 0 Å². The minimum absolute atomic E-state index is 0.161. The van der Waals surface area contributed by atoms with E-state index in [1.807, 2.05) is 30.5 Å². The zero-order chi connectivity index (χ0) is 12.1. The van der Waals surface area contributed by atoms with Gasteiger partial charge in [-0.3, -0.25) is 4.68 Å². The van der Waals surface area contributed by atoms with E-state index in [0.29, 0.717) is 13.0 Å². The normalized spacial score (nSPS) is 10.5. The van der Waals surface area contributed by atoms with E-state index in [4.69, 9.17) is 9.84 Å². The highest BCUT2D eigenvalue weighted by molar-refractivity contribution is 5.59. The van der Waals surface area contributed by atoms with Crippen molar-refractivity contribution < 1.29 is 9.84 Å². The Morgan fingerprint density at radius 3 is 3.06 bits per heavy atom. The molecule has 5 nitrogen and oxygen atoms in total. The molecular weight excluding hydrogens is 218 g/mol. The highest BCUT2D eigenvalue weighted by Gasteiger charge is 2.04. The van der Waals surface area contributed by atoms with Crippen LogP contribution < -0.4 is 4.74 Å². The number of hydrogen-bond acceptors (Lipinski definition) is 4. The number of aromatic nitrogens is 3. The predicted molar refractivity (Wildman–Crippen MR) is 63.7 cm³/mol. The topological polar surface area (TPSA) is 60.2 Å². The van der Waals surface area contributed by atoms with Gasteiger partial charge in [-0.2, -0.15) is 0 Å². The second-order valence-corrected chi connectivity index (χ2v) is 3.68. The Hall–Kier alpha value is -1.88. The third-order valence-corrected chi connectivity index (χ3v) is 2.45. The van der Waals surface area contributed by atoms with Crippen molar-refractivity contribution in [1.82, 2.24) is 15.0 Å². The molecule has 5 heteroatoms. The molecule has 0 aliphatic heterocycles. The van der Waals surface area contributed by atoms with Crippen LogP contribution in [0.2, 0.25) is 0 Å².